The zero-order chi connectivity index (χ0) is 8.48. The van der Waals surface area contributed by atoms with Crippen LogP contribution >= 0.6 is 0 Å². The third kappa shape index (κ3) is 2.62. The van der Waals surface area contributed by atoms with Gasteiger partial charge >= 0.3 is 0 Å². The van der Waals surface area contributed by atoms with Gasteiger partial charge in [-0.25, -0.2) is 0 Å². The van der Waals surface area contributed by atoms with E-state index in [4.69, 9.17) is 0 Å². The van der Waals surface area contributed by atoms with Crippen LogP contribution in [-0.4, -0.2) is 13.9 Å². The van der Waals surface area contributed by atoms with Crippen LogP contribution in [0.15, 0.2) is 11.3 Å². The normalized spacial score (nSPS) is 23.2. The molecule has 62 valence electrons. The third-order valence-electron chi connectivity index (χ3n) is 1.82. The molecule has 0 aromatic rings. The van der Waals surface area contributed by atoms with E-state index in [1.807, 2.05) is 0 Å². The summed E-state index contributed by atoms with van der Waals surface area (Å²) in [6.45, 7) is 6.81. The first-order valence-corrected chi connectivity index (χ1v) is 7.82. The number of rotatable bonds is 1. The van der Waals surface area contributed by atoms with Gasteiger partial charge in [0.25, 0.3) is 0 Å². The molecule has 1 rings (SSSR count). The molecule has 1 saturated carbocycles. The Morgan fingerprint density at radius 1 is 1.27 bits per heavy atom. The van der Waals surface area contributed by atoms with Gasteiger partial charge in [0.2, 0.25) is 0 Å². The lowest BCUT2D eigenvalue weighted by atomic mass is 10.2. The van der Waals surface area contributed by atoms with Crippen molar-refractivity contribution in [2.45, 2.75) is 38.9 Å². The zero-order valence-corrected chi connectivity index (χ0v) is 8.61. The molecule has 0 radical (unpaired) electrons. The van der Waals surface area contributed by atoms with E-state index in [2.05, 4.69) is 25.3 Å². The number of ketones is 1. The van der Waals surface area contributed by atoms with Crippen molar-refractivity contribution in [2.75, 3.05) is 0 Å². The molecule has 0 amide bonds. The lowest BCUT2D eigenvalue weighted by molar-refractivity contribution is -0.114. The molecule has 11 heavy (non-hydrogen) atoms. The molecular weight excluding hydrogens is 152 g/mol. The summed E-state index contributed by atoms with van der Waals surface area (Å²) in [7, 11) is -1.15. The lowest BCUT2D eigenvalue weighted by Gasteiger charge is -2.09. The second kappa shape index (κ2) is 2.93. The number of carbonyl (C=O) groups is 1. The van der Waals surface area contributed by atoms with Gasteiger partial charge in [0.1, 0.15) is 0 Å². The maximum Gasteiger partial charge on any atom is 0.158 e. The minimum absolute atomic E-state index is 0.396. The second-order valence-corrected chi connectivity index (χ2v) is 9.33. The number of hydrogen-bond acceptors (Lipinski definition) is 1. The minimum atomic E-state index is -1.15. The molecule has 0 aliphatic heterocycles. The summed E-state index contributed by atoms with van der Waals surface area (Å²) in [6.07, 6.45) is 2.90. The summed E-state index contributed by atoms with van der Waals surface area (Å²) in [4.78, 5) is 11.2. The summed E-state index contributed by atoms with van der Waals surface area (Å²) < 4.78 is 0. The van der Waals surface area contributed by atoms with E-state index in [1.165, 1.54) is 0 Å². The van der Waals surface area contributed by atoms with E-state index in [-0.39, 0.29) is 0 Å². The monoisotopic (exact) mass is 168 g/mol. The summed E-state index contributed by atoms with van der Waals surface area (Å²) in [5.74, 6) is 0.396. The highest BCUT2D eigenvalue weighted by atomic mass is 28.3. The highest BCUT2D eigenvalue weighted by Gasteiger charge is 2.20. The van der Waals surface area contributed by atoms with E-state index in [0.29, 0.717) is 5.78 Å². The van der Waals surface area contributed by atoms with Crippen molar-refractivity contribution >= 4 is 13.9 Å². The molecule has 0 spiro atoms. The largest absolute Gasteiger partial charge is 0.295 e. The average molecular weight is 168 g/mol. The van der Waals surface area contributed by atoms with Crippen molar-refractivity contribution in [1.29, 1.82) is 0 Å². The van der Waals surface area contributed by atoms with Crippen molar-refractivity contribution < 1.29 is 4.79 Å². The van der Waals surface area contributed by atoms with Crippen LogP contribution in [0.3, 0.4) is 0 Å². The molecule has 1 aliphatic rings. The molecule has 1 nitrogen and oxygen atoms in total. The van der Waals surface area contributed by atoms with Crippen LogP contribution < -0.4 is 0 Å². The minimum Gasteiger partial charge on any atom is -0.295 e. The molecule has 2 heteroatoms. The van der Waals surface area contributed by atoms with Gasteiger partial charge in [-0.2, -0.15) is 0 Å². The Kier molecular flexibility index (Phi) is 2.33. The Labute approximate surface area is 69.5 Å². The van der Waals surface area contributed by atoms with Crippen LogP contribution in [0.5, 0.6) is 0 Å². The SMILES string of the molecule is C[Si](C)(C)/C=C1\CCCC1=O. The van der Waals surface area contributed by atoms with Crippen molar-refractivity contribution in [3.8, 4) is 0 Å². The van der Waals surface area contributed by atoms with Gasteiger partial charge < -0.3 is 0 Å². The first-order chi connectivity index (χ1) is 4.99. The van der Waals surface area contributed by atoms with E-state index >= 15 is 0 Å². The third-order valence-corrected chi connectivity index (χ3v) is 3.03. The first-order valence-electron chi connectivity index (χ1n) is 4.24. The highest BCUT2D eigenvalue weighted by Crippen LogP contribution is 2.22. The molecule has 0 saturated heterocycles. The fourth-order valence-corrected chi connectivity index (χ4v) is 2.77. The molecule has 0 atom stereocenters. The van der Waals surface area contributed by atoms with Crippen molar-refractivity contribution in [3.05, 3.63) is 11.3 Å². The van der Waals surface area contributed by atoms with Gasteiger partial charge in [-0.3, -0.25) is 4.79 Å². The van der Waals surface area contributed by atoms with Crippen molar-refractivity contribution in [1.82, 2.24) is 0 Å². The zero-order valence-electron chi connectivity index (χ0n) is 7.61. The van der Waals surface area contributed by atoms with E-state index in [1.54, 1.807) is 0 Å². The molecule has 0 aromatic heterocycles. The fraction of sp³-hybridized carbons (Fsp3) is 0.667. The lowest BCUT2D eigenvalue weighted by Crippen LogP contribution is -2.17. The number of Topliss-reactive ketones (excluding diaryl/α,β-unsaturated/α-hetero) is 1. The second-order valence-electron chi connectivity index (χ2n) is 4.31. The van der Waals surface area contributed by atoms with Crippen LogP contribution in [0.1, 0.15) is 19.3 Å². The van der Waals surface area contributed by atoms with Crippen LogP contribution in [0.4, 0.5) is 0 Å². The molecule has 0 aromatic carbocycles. The molecule has 0 heterocycles. The topological polar surface area (TPSA) is 17.1 Å². The van der Waals surface area contributed by atoms with Gasteiger partial charge in [-0.15, -0.1) is 0 Å². The van der Waals surface area contributed by atoms with Crippen LogP contribution in [0.2, 0.25) is 19.6 Å². The van der Waals surface area contributed by atoms with E-state index in [9.17, 15) is 4.79 Å². The van der Waals surface area contributed by atoms with Crippen LogP contribution in [0, 0.1) is 0 Å². The standard InChI is InChI=1S/C9H16OSi/c1-11(2,3)7-8-5-4-6-9(8)10/h7H,4-6H2,1-3H3/b8-7+. The summed E-state index contributed by atoms with van der Waals surface area (Å²) >= 11 is 0. The highest BCUT2D eigenvalue weighted by molar-refractivity contribution is 6.81. The fourth-order valence-electron chi connectivity index (χ4n) is 1.41. The van der Waals surface area contributed by atoms with Gasteiger partial charge in [0.05, 0.1) is 8.07 Å². The molecule has 0 unspecified atom stereocenters. The quantitative estimate of drug-likeness (QED) is 0.434. The van der Waals surface area contributed by atoms with Crippen molar-refractivity contribution in [2.24, 2.45) is 0 Å². The Balaban J connectivity index is 2.73. The summed E-state index contributed by atoms with van der Waals surface area (Å²) in [5.41, 5.74) is 3.37. The molecule has 1 fully saturated rings. The van der Waals surface area contributed by atoms with Gasteiger partial charge in [-0.1, -0.05) is 25.3 Å². The maximum absolute atomic E-state index is 11.2. The smallest absolute Gasteiger partial charge is 0.158 e. The van der Waals surface area contributed by atoms with E-state index in [0.717, 1.165) is 24.8 Å². The number of hydrogen-bond donors (Lipinski definition) is 0. The average Bonchev–Trinajstić information content (AvgIpc) is 2.12. The van der Waals surface area contributed by atoms with E-state index < -0.39 is 8.07 Å². The Morgan fingerprint density at radius 3 is 2.27 bits per heavy atom. The number of allylic oxidation sites excluding steroid dienone is 1. The first kappa shape index (κ1) is 8.72. The van der Waals surface area contributed by atoms with Gasteiger partial charge in [0, 0.05) is 6.42 Å². The molecule has 0 bridgehead atoms. The predicted molar refractivity (Wildman–Crippen MR) is 50.3 cm³/mol. The predicted octanol–water partition coefficient (Wildman–Crippen LogP) is 2.54. The Morgan fingerprint density at radius 2 is 1.91 bits per heavy atom. The van der Waals surface area contributed by atoms with Crippen molar-refractivity contribution in [3.63, 3.8) is 0 Å². The Bertz CT molecular complexity index is 198. The number of carbonyl (C=O) groups excluding carboxylic acids is 1. The van der Waals surface area contributed by atoms with Crippen LogP contribution in [0.25, 0.3) is 0 Å². The molecule has 0 N–H and O–H groups in total. The van der Waals surface area contributed by atoms with Gasteiger partial charge in [-0.05, 0) is 18.4 Å². The molecular formula is C9H16OSi. The van der Waals surface area contributed by atoms with Crippen LogP contribution in [-0.2, 0) is 4.79 Å². The summed E-state index contributed by atoms with van der Waals surface area (Å²) in [5, 5.41) is 0. The summed E-state index contributed by atoms with van der Waals surface area (Å²) in [6, 6.07) is 0. The maximum atomic E-state index is 11.2. The Hall–Kier alpha value is -0.373. The van der Waals surface area contributed by atoms with Gasteiger partial charge in [0.15, 0.2) is 5.78 Å². The molecule has 1 aliphatic carbocycles.